The second-order valence-electron chi connectivity index (χ2n) is 7.38. The van der Waals surface area contributed by atoms with E-state index in [-0.39, 0.29) is 18.3 Å². The molecule has 0 bridgehead atoms. The van der Waals surface area contributed by atoms with E-state index in [1.807, 2.05) is 11.0 Å². The summed E-state index contributed by atoms with van der Waals surface area (Å²) in [5, 5.41) is 0. The molecule has 1 aliphatic carbocycles. The van der Waals surface area contributed by atoms with Gasteiger partial charge in [0, 0.05) is 23.9 Å². The molecule has 3 nitrogen and oxygen atoms in total. The number of rotatable bonds is 5. The summed E-state index contributed by atoms with van der Waals surface area (Å²) in [6.45, 7) is 2.19. The number of nitrogens with two attached hydrogens (primary N) is 1. The highest BCUT2D eigenvalue weighted by atomic mass is 35.5. The Bertz CT molecular complexity index is 783. The van der Waals surface area contributed by atoms with Crippen molar-refractivity contribution in [2.45, 2.75) is 30.1 Å². The number of amides is 1. The van der Waals surface area contributed by atoms with E-state index in [9.17, 15) is 4.79 Å². The average molecular weight is 403 g/mol. The van der Waals surface area contributed by atoms with Crippen molar-refractivity contribution in [3.8, 4) is 0 Å². The van der Waals surface area contributed by atoms with Crippen LogP contribution in [0.25, 0.3) is 0 Å². The zero-order chi connectivity index (χ0) is 17.9. The highest BCUT2D eigenvalue weighted by Crippen LogP contribution is 2.33. The first-order valence-corrected chi connectivity index (χ1v) is 10.5. The van der Waals surface area contributed by atoms with E-state index in [1.165, 1.54) is 40.8 Å². The van der Waals surface area contributed by atoms with Crippen LogP contribution in [0, 0.1) is 5.92 Å². The van der Waals surface area contributed by atoms with Crippen LogP contribution in [-0.2, 0) is 17.6 Å². The van der Waals surface area contributed by atoms with Crippen molar-refractivity contribution in [2.24, 2.45) is 11.7 Å². The Morgan fingerprint density at radius 3 is 2.63 bits per heavy atom. The minimum Gasteiger partial charge on any atom is -0.341 e. The lowest BCUT2D eigenvalue weighted by Gasteiger charge is -2.17. The van der Waals surface area contributed by atoms with E-state index in [0.717, 1.165) is 13.1 Å². The first-order chi connectivity index (χ1) is 12.7. The maximum atomic E-state index is 12.8. The molecular weight excluding hydrogens is 376 g/mol. The monoisotopic (exact) mass is 402 g/mol. The SMILES string of the molecule is Cl.NC[C@@H]1CN(C(=O)CSc2ccc3c(c2)CCC3)C[C@H]1c1ccccc1. The van der Waals surface area contributed by atoms with Gasteiger partial charge in [-0.05, 0) is 60.5 Å². The van der Waals surface area contributed by atoms with Gasteiger partial charge in [0.2, 0.25) is 5.91 Å². The molecule has 144 valence electrons. The number of benzene rings is 2. The zero-order valence-corrected chi connectivity index (χ0v) is 17.1. The van der Waals surface area contributed by atoms with Gasteiger partial charge >= 0.3 is 0 Å². The van der Waals surface area contributed by atoms with Crippen LogP contribution in [0.2, 0.25) is 0 Å². The van der Waals surface area contributed by atoms with Gasteiger partial charge in [-0.15, -0.1) is 24.2 Å². The molecule has 0 radical (unpaired) electrons. The number of aryl methyl sites for hydroxylation is 2. The molecule has 1 heterocycles. The lowest BCUT2D eigenvalue weighted by atomic mass is 9.89. The third-order valence-electron chi connectivity index (χ3n) is 5.76. The van der Waals surface area contributed by atoms with Crippen LogP contribution in [0.5, 0.6) is 0 Å². The van der Waals surface area contributed by atoms with Crippen molar-refractivity contribution < 1.29 is 4.79 Å². The standard InChI is InChI=1S/C22H26N2OS.ClH/c23-12-19-13-24(14-21(19)17-5-2-1-3-6-17)22(25)15-26-20-10-9-16-7-4-8-18(16)11-20;/h1-3,5-6,9-11,19,21H,4,7-8,12-15,23H2;1H/t19-,21+;/m1./s1. The van der Waals surface area contributed by atoms with Crippen LogP contribution in [0.15, 0.2) is 53.4 Å². The number of likely N-dealkylation sites (tertiary alicyclic amines) is 1. The molecule has 2 aromatic carbocycles. The zero-order valence-electron chi connectivity index (χ0n) is 15.5. The molecule has 0 saturated carbocycles. The highest BCUT2D eigenvalue weighted by Gasteiger charge is 2.35. The fourth-order valence-electron chi connectivity index (χ4n) is 4.27. The number of carbonyl (C=O) groups excluding carboxylic acids is 1. The molecule has 0 spiro atoms. The van der Waals surface area contributed by atoms with Crippen molar-refractivity contribution >= 4 is 30.1 Å². The number of hydrogen-bond acceptors (Lipinski definition) is 3. The predicted octanol–water partition coefficient (Wildman–Crippen LogP) is 3.89. The van der Waals surface area contributed by atoms with Crippen LogP contribution in [0.4, 0.5) is 0 Å². The van der Waals surface area contributed by atoms with Crippen molar-refractivity contribution in [1.82, 2.24) is 4.90 Å². The van der Waals surface area contributed by atoms with Gasteiger partial charge in [0.25, 0.3) is 0 Å². The van der Waals surface area contributed by atoms with Gasteiger partial charge in [0.15, 0.2) is 0 Å². The third-order valence-corrected chi connectivity index (χ3v) is 6.74. The molecule has 5 heteroatoms. The van der Waals surface area contributed by atoms with E-state index in [2.05, 4.69) is 42.5 Å². The molecule has 2 aromatic rings. The molecular formula is C22H27ClN2OS. The second kappa shape index (κ2) is 9.13. The third kappa shape index (κ3) is 4.50. The molecule has 2 N–H and O–H groups in total. The summed E-state index contributed by atoms with van der Waals surface area (Å²) < 4.78 is 0. The van der Waals surface area contributed by atoms with Crippen LogP contribution in [0.1, 0.15) is 29.0 Å². The maximum absolute atomic E-state index is 12.8. The number of halogens is 1. The highest BCUT2D eigenvalue weighted by molar-refractivity contribution is 8.00. The summed E-state index contributed by atoms with van der Waals surface area (Å²) in [4.78, 5) is 16.0. The van der Waals surface area contributed by atoms with E-state index < -0.39 is 0 Å². The second-order valence-corrected chi connectivity index (χ2v) is 8.43. The Balaban J connectivity index is 0.00000210. The predicted molar refractivity (Wildman–Crippen MR) is 115 cm³/mol. The van der Waals surface area contributed by atoms with Crippen LogP contribution in [0.3, 0.4) is 0 Å². The van der Waals surface area contributed by atoms with Crippen molar-refractivity contribution in [1.29, 1.82) is 0 Å². The van der Waals surface area contributed by atoms with E-state index in [4.69, 9.17) is 5.73 Å². The molecule has 1 amide bonds. The fraction of sp³-hybridized carbons (Fsp3) is 0.409. The molecule has 0 unspecified atom stereocenters. The topological polar surface area (TPSA) is 46.3 Å². The lowest BCUT2D eigenvalue weighted by molar-refractivity contribution is -0.127. The quantitative estimate of drug-likeness (QED) is 0.771. The number of fused-ring (bicyclic) bond motifs is 1. The fourth-order valence-corrected chi connectivity index (χ4v) is 5.13. The van der Waals surface area contributed by atoms with Crippen molar-refractivity contribution in [3.05, 3.63) is 65.2 Å². The maximum Gasteiger partial charge on any atom is 0.232 e. The minimum absolute atomic E-state index is 0. The van der Waals surface area contributed by atoms with Gasteiger partial charge in [0.1, 0.15) is 0 Å². The first-order valence-electron chi connectivity index (χ1n) is 9.52. The first kappa shape index (κ1) is 20.2. The number of hydrogen-bond donors (Lipinski definition) is 1. The van der Waals surface area contributed by atoms with E-state index in [1.54, 1.807) is 11.8 Å². The molecule has 27 heavy (non-hydrogen) atoms. The molecule has 1 saturated heterocycles. The lowest BCUT2D eigenvalue weighted by Crippen LogP contribution is -2.31. The largest absolute Gasteiger partial charge is 0.341 e. The Kier molecular flexibility index (Phi) is 6.85. The Labute approximate surface area is 172 Å². The number of carbonyl (C=O) groups is 1. The van der Waals surface area contributed by atoms with Gasteiger partial charge in [-0.2, -0.15) is 0 Å². The Morgan fingerprint density at radius 2 is 1.85 bits per heavy atom. The Morgan fingerprint density at radius 1 is 1.07 bits per heavy atom. The normalized spacial score (nSPS) is 21.0. The van der Waals surface area contributed by atoms with Gasteiger partial charge in [-0.1, -0.05) is 36.4 Å². The summed E-state index contributed by atoms with van der Waals surface area (Å²) in [6.07, 6.45) is 3.65. The molecule has 4 rings (SSSR count). The van der Waals surface area contributed by atoms with Crippen molar-refractivity contribution in [3.63, 3.8) is 0 Å². The molecule has 0 aromatic heterocycles. The van der Waals surface area contributed by atoms with E-state index >= 15 is 0 Å². The number of thioether (sulfide) groups is 1. The van der Waals surface area contributed by atoms with Crippen LogP contribution >= 0.6 is 24.2 Å². The molecule has 2 atom stereocenters. The molecule has 1 fully saturated rings. The van der Waals surface area contributed by atoms with Crippen LogP contribution < -0.4 is 5.73 Å². The minimum atomic E-state index is 0. The summed E-state index contributed by atoms with van der Waals surface area (Å²) in [5.74, 6) is 1.45. The van der Waals surface area contributed by atoms with Gasteiger partial charge in [-0.25, -0.2) is 0 Å². The smallest absolute Gasteiger partial charge is 0.232 e. The van der Waals surface area contributed by atoms with Crippen molar-refractivity contribution in [2.75, 3.05) is 25.4 Å². The average Bonchev–Trinajstić information content (AvgIpc) is 3.33. The van der Waals surface area contributed by atoms with E-state index in [0.29, 0.717) is 24.1 Å². The van der Waals surface area contributed by atoms with Crippen LogP contribution in [-0.4, -0.2) is 36.2 Å². The van der Waals surface area contributed by atoms with Gasteiger partial charge in [-0.3, -0.25) is 4.79 Å². The molecule has 2 aliphatic rings. The summed E-state index contributed by atoms with van der Waals surface area (Å²) in [7, 11) is 0. The summed E-state index contributed by atoms with van der Waals surface area (Å²) >= 11 is 1.66. The summed E-state index contributed by atoms with van der Waals surface area (Å²) in [5.41, 5.74) is 10.2. The molecule has 1 aliphatic heterocycles. The summed E-state index contributed by atoms with van der Waals surface area (Å²) in [6, 6.07) is 17.2. The van der Waals surface area contributed by atoms with Gasteiger partial charge < -0.3 is 10.6 Å². The Hall–Kier alpha value is -1.49. The number of nitrogens with zero attached hydrogens (tertiary/aromatic N) is 1. The van der Waals surface area contributed by atoms with Gasteiger partial charge in [0.05, 0.1) is 5.75 Å².